The molecule has 0 amide bonds. The number of nitro benzene ring substituents is 1. The smallest absolute Gasteiger partial charge is 0.269 e. The maximum Gasteiger partial charge on any atom is 0.269 e. The molecule has 8 heteroatoms. The summed E-state index contributed by atoms with van der Waals surface area (Å²) >= 11 is 0. The van der Waals surface area contributed by atoms with Crippen LogP contribution in [0, 0.1) is 22.4 Å². The molecule has 3 N–H and O–H groups in total. The van der Waals surface area contributed by atoms with Gasteiger partial charge in [0, 0.05) is 24.5 Å². The first-order valence-electron chi connectivity index (χ1n) is 5.57. The molecule has 0 aliphatic rings. The summed E-state index contributed by atoms with van der Waals surface area (Å²) in [5.41, 5.74) is 6.04. The number of ether oxygens (including phenoxy) is 1. The van der Waals surface area contributed by atoms with E-state index in [1.54, 1.807) is 6.92 Å². The maximum atomic E-state index is 10.7. The number of benzene rings is 1. The summed E-state index contributed by atoms with van der Waals surface area (Å²) in [7, 11) is 0. The molecule has 0 saturated heterocycles. The number of nitro groups is 1. The summed E-state index contributed by atoms with van der Waals surface area (Å²) in [6.07, 6.45) is 2.80. The summed E-state index contributed by atoms with van der Waals surface area (Å²) < 4.78 is 5.52. The molecule has 0 unspecified atom stereocenters. The predicted molar refractivity (Wildman–Crippen MR) is 71.0 cm³/mol. The molecule has 0 radical (unpaired) electrons. The van der Waals surface area contributed by atoms with Crippen molar-refractivity contribution in [1.82, 2.24) is 9.97 Å². The highest BCUT2D eigenvalue weighted by Gasteiger charge is 2.14. The molecule has 1 heterocycles. The summed E-state index contributed by atoms with van der Waals surface area (Å²) in [6, 6.07) is 4.18. The molecule has 2 rings (SSSR count). The van der Waals surface area contributed by atoms with E-state index in [2.05, 4.69) is 9.97 Å². The number of aromatic nitrogens is 2. The third-order valence-corrected chi connectivity index (χ3v) is 2.50. The summed E-state index contributed by atoms with van der Waals surface area (Å²) in [5.74, 6) is 0.197. The van der Waals surface area contributed by atoms with Crippen LogP contribution >= 0.6 is 0 Å². The van der Waals surface area contributed by atoms with Gasteiger partial charge in [-0.05, 0) is 18.6 Å². The molecular weight excluding hydrogens is 262 g/mol. The van der Waals surface area contributed by atoms with Crippen molar-refractivity contribution >= 4 is 11.5 Å². The zero-order valence-electron chi connectivity index (χ0n) is 10.5. The van der Waals surface area contributed by atoms with Gasteiger partial charge in [-0.25, -0.2) is 9.97 Å². The fourth-order valence-corrected chi connectivity index (χ4v) is 1.55. The summed E-state index contributed by atoms with van der Waals surface area (Å²) in [5, 5.41) is 18.1. The molecule has 0 saturated carbocycles. The first-order chi connectivity index (χ1) is 9.49. The molecule has 0 aliphatic carbocycles. The van der Waals surface area contributed by atoms with Gasteiger partial charge in [-0.1, -0.05) is 0 Å². The minimum atomic E-state index is -0.486. The average Bonchev–Trinajstić information content (AvgIpc) is 2.41. The first kappa shape index (κ1) is 13.4. The highest BCUT2D eigenvalue weighted by Crippen LogP contribution is 2.28. The monoisotopic (exact) mass is 273 g/mol. The number of hydrogen-bond acceptors (Lipinski definition) is 6. The van der Waals surface area contributed by atoms with Gasteiger partial charge in [0.25, 0.3) is 5.69 Å². The molecule has 1 aromatic heterocycles. The van der Waals surface area contributed by atoms with Gasteiger partial charge in [0.15, 0.2) is 5.69 Å². The van der Waals surface area contributed by atoms with Gasteiger partial charge < -0.3 is 10.5 Å². The van der Waals surface area contributed by atoms with Crippen molar-refractivity contribution in [3.8, 4) is 11.6 Å². The molecule has 20 heavy (non-hydrogen) atoms. The van der Waals surface area contributed by atoms with Crippen molar-refractivity contribution in [1.29, 1.82) is 5.41 Å². The van der Waals surface area contributed by atoms with E-state index in [9.17, 15) is 10.1 Å². The van der Waals surface area contributed by atoms with E-state index >= 15 is 0 Å². The Morgan fingerprint density at radius 3 is 2.70 bits per heavy atom. The quantitative estimate of drug-likeness (QED) is 0.378. The third kappa shape index (κ3) is 2.69. The molecule has 0 spiro atoms. The Morgan fingerprint density at radius 1 is 1.40 bits per heavy atom. The maximum absolute atomic E-state index is 10.7. The highest BCUT2D eigenvalue weighted by molar-refractivity contribution is 5.95. The molecule has 0 aliphatic heterocycles. The number of amidine groups is 1. The van der Waals surface area contributed by atoms with E-state index in [4.69, 9.17) is 15.9 Å². The summed E-state index contributed by atoms with van der Waals surface area (Å²) in [4.78, 5) is 18.0. The molecule has 8 nitrogen and oxygen atoms in total. The fraction of sp³-hybridized carbons (Fsp3) is 0.0833. The van der Waals surface area contributed by atoms with Crippen LogP contribution in [-0.4, -0.2) is 20.7 Å². The van der Waals surface area contributed by atoms with Crippen LogP contribution in [0.15, 0.2) is 30.6 Å². The lowest BCUT2D eigenvalue weighted by Gasteiger charge is -2.09. The van der Waals surface area contributed by atoms with Crippen molar-refractivity contribution in [2.75, 3.05) is 0 Å². The van der Waals surface area contributed by atoms with Crippen molar-refractivity contribution in [2.45, 2.75) is 6.92 Å². The molecule has 1 aromatic carbocycles. The lowest BCUT2D eigenvalue weighted by Crippen LogP contribution is -2.15. The molecular formula is C12H11N5O3. The Balaban J connectivity index is 2.36. The van der Waals surface area contributed by atoms with Crippen molar-refractivity contribution < 1.29 is 9.66 Å². The Kier molecular flexibility index (Phi) is 3.56. The van der Waals surface area contributed by atoms with Crippen LogP contribution in [0.3, 0.4) is 0 Å². The number of non-ortho nitro benzene ring substituents is 1. The average molecular weight is 273 g/mol. The van der Waals surface area contributed by atoms with Crippen LogP contribution in [0.5, 0.6) is 11.6 Å². The van der Waals surface area contributed by atoms with E-state index in [1.165, 1.54) is 30.6 Å². The normalized spacial score (nSPS) is 10.1. The van der Waals surface area contributed by atoms with Gasteiger partial charge in [0.05, 0.1) is 4.92 Å². The molecule has 2 aromatic rings. The lowest BCUT2D eigenvalue weighted by molar-refractivity contribution is -0.384. The Bertz CT molecular complexity index is 687. The minimum Gasteiger partial charge on any atom is -0.437 e. The zero-order chi connectivity index (χ0) is 14.7. The Morgan fingerprint density at radius 2 is 2.10 bits per heavy atom. The fourth-order valence-electron chi connectivity index (χ4n) is 1.55. The topological polar surface area (TPSA) is 128 Å². The second-order valence-electron chi connectivity index (χ2n) is 3.93. The van der Waals surface area contributed by atoms with Gasteiger partial charge >= 0.3 is 0 Å². The van der Waals surface area contributed by atoms with Crippen molar-refractivity contribution in [2.24, 2.45) is 5.73 Å². The number of nitrogen functional groups attached to an aromatic ring is 1. The Labute approximate surface area is 113 Å². The number of nitrogens with one attached hydrogen (secondary N) is 1. The van der Waals surface area contributed by atoms with Gasteiger partial charge in [-0.3, -0.25) is 15.5 Å². The van der Waals surface area contributed by atoms with Crippen LogP contribution in [0.2, 0.25) is 0 Å². The van der Waals surface area contributed by atoms with Crippen molar-refractivity contribution in [3.05, 3.63) is 52.0 Å². The van der Waals surface area contributed by atoms with Crippen molar-refractivity contribution in [3.63, 3.8) is 0 Å². The molecule has 102 valence electrons. The number of rotatable bonds is 4. The van der Waals surface area contributed by atoms with Crippen LogP contribution < -0.4 is 10.5 Å². The predicted octanol–water partition coefficient (Wildman–Crippen LogP) is 1.77. The van der Waals surface area contributed by atoms with Crippen LogP contribution in [0.25, 0.3) is 0 Å². The zero-order valence-corrected chi connectivity index (χ0v) is 10.5. The van der Waals surface area contributed by atoms with E-state index < -0.39 is 4.92 Å². The van der Waals surface area contributed by atoms with E-state index in [1.807, 2.05) is 0 Å². The Hall–Kier alpha value is -3.03. The number of nitrogens with two attached hydrogens (primary N) is 1. The van der Waals surface area contributed by atoms with Crippen LogP contribution in [0.4, 0.5) is 5.69 Å². The second-order valence-corrected chi connectivity index (χ2v) is 3.93. The van der Waals surface area contributed by atoms with Gasteiger partial charge in [0.1, 0.15) is 11.6 Å². The second kappa shape index (κ2) is 5.31. The van der Waals surface area contributed by atoms with Gasteiger partial charge in [0.2, 0.25) is 5.88 Å². The molecule has 0 bridgehead atoms. The van der Waals surface area contributed by atoms with Gasteiger partial charge in [-0.15, -0.1) is 0 Å². The SMILES string of the molecule is Cc1cc([N+](=O)[O-])ccc1Oc1nccnc1C(=N)N. The molecule has 0 atom stereocenters. The largest absolute Gasteiger partial charge is 0.437 e. The van der Waals surface area contributed by atoms with E-state index in [-0.39, 0.29) is 23.1 Å². The first-order valence-corrected chi connectivity index (χ1v) is 5.57. The van der Waals surface area contributed by atoms with E-state index in [0.29, 0.717) is 11.3 Å². The highest BCUT2D eigenvalue weighted by atomic mass is 16.6. The minimum absolute atomic E-state index is 0.0270. The van der Waals surface area contributed by atoms with E-state index in [0.717, 1.165) is 0 Å². The third-order valence-electron chi connectivity index (χ3n) is 2.50. The number of nitrogens with zero attached hydrogens (tertiary/aromatic N) is 3. The van der Waals surface area contributed by atoms with Crippen LogP contribution in [-0.2, 0) is 0 Å². The van der Waals surface area contributed by atoms with Gasteiger partial charge in [-0.2, -0.15) is 0 Å². The summed E-state index contributed by atoms with van der Waals surface area (Å²) in [6.45, 7) is 1.67. The van der Waals surface area contributed by atoms with Crippen LogP contribution in [0.1, 0.15) is 11.3 Å². The lowest BCUT2D eigenvalue weighted by atomic mass is 10.2. The molecule has 0 fully saturated rings. The standard InChI is InChI=1S/C12H11N5O3/c1-7-6-8(17(18)19)2-3-9(7)20-12-10(11(13)14)15-4-5-16-12/h2-6H,1H3,(H3,13,14). The number of aryl methyl sites for hydroxylation is 1. The number of hydrogen-bond donors (Lipinski definition) is 2.